The number of benzene rings is 2. The zero-order valence-corrected chi connectivity index (χ0v) is 14.4. The van der Waals surface area contributed by atoms with E-state index in [1.165, 1.54) is 6.07 Å². The summed E-state index contributed by atoms with van der Waals surface area (Å²) in [5, 5.41) is 1.62. The minimum atomic E-state index is -0.189. The van der Waals surface area contributed by atoms with Crippen LogP contribution in [0, 0.1) is 0 Å². The van der Waals surface area contributed by atoms with Gasteiger partial charge in [-0.25, -0.2) is 0 Å². The average Bonchev–Trinajstić information content (AvgIpc) is 2.38. The van der Waals surface area contributed by atoms with Crippen LogP contribution in [0.1, 0.15) is 10.4 Å². The van der Waals surface area contributed by atoms with Gasteiger partial charge in [0, 0.05) is 18.9 Å². The summed E-state index contributed by atoms with van der Waals surface area (Å²) in [7, 11) is -0.0839. The van der Waals surface area contributed by atoms with E-state index in [0.29, 0.717) is 0 Å². The SMILES string of the molecule is O=C(Pc1ccccc1)c1c(Cl)c(Cl)cc(Cl)c1Cl.[Li]. The van der Waals surface area contributed by atoms with Gasteiger partial charge in [0.05, 0.1) is 25.7 Å². The summed E-state index contributed by atoms with van der Waals surface area (Å²) < 4.78 is 0. The fourth-order valence-corrected chi connectivity index (χ4v) is 3.62. The van der Waals surface area contributed by atoms with Crippen molar-refractivity contribution in [2.45, 2.75) is 0 Å². The van der Waals surface area contributed by atoms with Gasteiger partial charge in [-0.1, -0.05) is 76.7 Å². The van der Waals surface area contributed by atoms with Crippen LogP contribution in [0.3, 0.4) is 0 Å². The zero-order chi connectivity index (χ0) is 14.0. The van der Waals surface area contributed by atoms with E-state index in [9.17, 15) is 4.79 Å². The van der Waals surface area contributed by atoms with Crippen molar-refractivity contribution < 1.29 is 4.79 Å². The Kier molecular flexibility index (Phi) is 7.40. The van der Waals surface area contributed by atoms with E-state index in [-0.39, 0.29) is 58.6 Å². The second kappa shape index (κ2) is 8.07. The van der Waals surface area contributed by atoms with E-state index in [1.807, 2.05) is 30.3 Å². The molecule has 0 spiro atoms. The molecule has 0 heterocycles. The molecule has 0 bridgehead atoms. The van der Waals surface area contributed by atoms with Crippen molar-refractivity contribution in [3.05, 3.63) is 62.1 Å². The summed E-state index contributed by atoms with van der Waals surface area (Å²) in [5.74, 6) is 0. The van der Waals surface area contributed by atoms with E-state index in [2.05, 4.69) is 0 Å². The minimum absolute atomic E-state index is 0. The summed E-state index contributed by atoms with van der Waals surface area (Å²) in [4.78, 5) is 12.3. The van der Waals surface area contributed by atoms with Crippen LogP contribution >= 0.6 is 55.0 Å². The summed E-state index contributed by atoms with van der Waals surface area (Å²) in [5.41, 5.74) is -0.00591. The maximum Gasteiger partial charge on any atom is 0.188 e. The molecule has 0 aliphatic heterocycles. The Morgan fingerprint density at radius 2 is 1.40 bits per heavy atom. The third-order valence-electron chi connectivity index (χ3n) is 2.37. The van der Waals surface area contributed by atoms with Crippen molar-refractivity contribution in [2.75, 3.05) is 0 Å². The van der Waals surface area contributed by atoms with Crippen molar-refractivity contribution in [1.82, 2.24) is 0 Å². The fraction of sp³-hybridized carbons (Fsp3) is 0. The van der Waals surface area contributed by atoms with E-state index in [1.54, 1.807) is 0 Å². The van der Waals surface area contributed by atoms with Crippen molar-refractivity contribution in [3.63, 3.8) is 0 Å². The van der Waals surface area contributed by atoms with Crippen molar-refractivity contribution in [1.29, 1.82) is 0 Å². The average molecular weight is 359 g/mol. The normalized spacial score (nSPS) is 10.6. The summed E-state index contributed by atoms with van der Waals surface area (Å²) in [6.07, 6.45) is 0. The van der Waals surface area contributed by atoms with Crippen LogP contribution in [0.4, 0.5) is 0 Å². The second-order valence-corrected chi connectivity index (χ2v) is 6.52. The predicted octanol–water partition coefficient (Wildman–Crippen LogP) is 5.06. The van der Waals surface area contributed by atoms with Crippen molar-refractivity contribution in [2.24, 2.45) is 0 Å². The quantitative estimate of drug-likeness (QED) is 0.425. The molecule has 1 atom stereocenters. The number of carbonyl (C=O) groups excluding carboxylic acids is 1. The molecule has 0 amide bonds. The molecule has 0 fully saturated rings. The standard InChI is InChI=1S/C13H7Cl4OP.Li/c14-8-6-9(15)12(17)10(11(8)16)13(18)19-7-4-2-1-3-5-7;/h1-6,19H;. The smallest absolute Gasteiger partial charge is 0.188 e. The van der Waals surface area contributed by atoms with Crippen LogP contribution in [-0.2, 0) is 0 Å². The third-order valence-corrected chi connectivity index (χ3v) is 5.04. The van der Waals surface area contributed by atoms with Gasteiger partial charge in [0.25, 0.3) is 0 Å². The number of carbonyl (C=O) groups is 1. The molecule has 0 N–H and O–H groups in total. The number of halogens is 4. The van der Waals surface area contributed by atoms with Crippen LogP contribution in [0.5, 0.6) is 0 Å². The maximum absolute atomic E-state index is 12.3. The van der Waals surface area contributed by atoms with Gasteiger partial charge in [-0.15, -0.1) is 0 Å². The van der Waals surface area contributed by atoms with Gasteiger partial charge in [0.15, 0.2) is 5.52 Å². The molecule has 2 aromatic carbocycles. The Labute approximate surface area is 150 Å². The first-order valence-electron chi connectivity index (χ1n) is 5.20. The molecule has 2 aromatic rings. The van der Waals surface area contributed by atoms with E-state index in [0.717, 1.165) is 5.30 Å². The molecule has 99 valence electrons. The molecule has 2 rings (SSSR count). The van der Waals surface area contributed by atoms with Crippen LogP contribution in [-0.4, -0.2) is 24.4 Å². The maximum atomic E-state index is 12.3. The van der Waals surface area contributed by atoms with Gasteiger partial charge < -0.3 is 0 Å². The van der Waals surface area contributed by atoms with Crippen LogP contribution in [0.2, 0.25) is 20.1 Å². The molecule has 0 aliphatic carbocycles. The summed E-state index contributed by atoms with van der Waals surface area (Å²) in [6.45, 7) is 0. The van der Waals surface area contributed by atoms with Crippen molar-refractivity contribution >= 4 is 84.7 Å². The number of rotatable bonds is 3. The van der Waals surface area contributed by atoms with E-state index >= 15 is 0 Å². The fourth-order valence-electron chi connectivity index (χ4n) is 1.49. The van der Waals surface area contributed by atoms with Gasteiger partial charge >= 0.3 is 0 Å². The molecular formula is C13H7Cl4LiOP. The van der Waals surface area contributed by atoms with E-state index < -0.39 is 0 Å². The minimum Gasteiger partial charge on any atom is -0.289 e. The Morgan fingerprint density at radius 3 is 1.90 bits per heavy atom. The van der Waals surface area contributed by atoms with Crippen LogP contribution < -0.4 is 5.30 Å². The monoisotopic (exact) mass is 357 g/mol. The zero-order valence-electron chi connectivity index (χ0n) is 10.4. The molecule has 1 radical (unpaired) electrons. The molecule has 20 heavy (non-hydrogen) atoms. The largest absolute Gasteiger partial charge is 0.289 e. The van der Waals surface area contributed by atoms with Gasteiger partial charge in [0.1, 0.15) is 0 Å². The molecule has 0 saturated heterocycles. The molecule has 0 aromatic heterocycles. The summed E-state index contributed by atoms with van der Waals surface area (Å²) >= 11 is 23.9. The first kappa shape index (κ1) is 18.3. The van der Waals surface area contributed by atoms with Gasteiger partial charge in [0.2, 0.25) is 0 Å². The molecule has 0 saturated carbocycles. The van der Waals surface area contributed by atoms with E-state index in [4.69, 9.17) is 46.4 Å². The Bertz CT molecular complexity index is 608. The Hall–Kier alpha value is 0.297. The molecule has 1 nitrogen and oxygen atoms in total. The molecular weight excluding hydrogens is 352 g/mol. The third kappa shape index (κ3) is 4.16. The van der Waals surface area contributed by atoms with Crippen LogP contribution in [0.15, 0.2) is 36.4 Å². The first-order chi connectivity index (χ1) is 9.00. The van der Waals surface area contributed by atoms with Crippen molar-refractivity contribution in [3.8, 4) is 0 Å². The Balaban J connectivity index is 0.00000200. The Morgan fingerprint density at radius 1 is 0.900 bits per heavy atom. The predicted molar refractivity (Wildman–Crippen MR) is 91.0 cm³/mol. The first-order valence-corrected chi connectivity index (χ1v) is 7.71. The molecule has 0 aliphatic rings. The van der Waals surface area contributed by atoms with Crippen LogP contribution in [0.25, 0.3) is 0 Å². The second-order valence-electron chi connectivity index (χ2n) is 3.66. The topological polar surface area (TPSA) is 17.1 Å². The van der Waals surface area contributed by atoms with Gasteiger partial charge in [-0.05, 0) is 20.0 Å². The molecule has 7 heteroatoms. The summed E-state index contributed by atoms with van der Waals surface area (Å²) in [6, 6.07) is 10.8. The molecule has 1 unspecified atom stereocenters. The van der Waals surface area contributed by atoms with Gasteiger partial charge in [-0.3, -0.25) is 4.79 Å². The van der Waals surface area contributed by atoms with Gasteiger partial charge in [-0.2, -0.15) is 0 Å². The number of hydrogen-bond acceptors (Lipinski definition) is 1. The number of hydrogen-bond donors (Lipinski definition) is 0.